The van der Waals surface area contributed by atoms with Crippen LogP contribution in [0.4, 0.5) is 11.4 Å². The van der Waals surface area contributed by atoms with Crippen molar-refractivity contribution in [2.75, 3.05) is 10.2 Å². The first-order valence-electron chi connectivity index (χ1n) is 10.1. The third-order valence-corrected chi connectivity index (χ3v) is 6.03. The van der Waals surface area contributed by atoms with Gasteiger partial charge in [-0.15, -0.1) is 0 Å². The highest BCUT2D eigenvalue weighted by atomic mass is 35.5. The highest BCUT2D eigenvalue weighted by molar-refractivity contribution is 6.46. The zero-order valence-electron chi connectivity index (χ0n) is 17.9. The molecule has 0 fully saturated rings. The van der Waals surface area contributed by atoms with Crippen LogP contribution in [0.5, 0.6) is 0 Å². The lowest BCUT2D eigenvalue weighted by atomic mass is 9.97. The number of imide groups is 1. The number of carbonyl (C=O) groups excluding carboxylic acids is 2. The lowest BCUT2D eigenvalue weighted by molar-refractivity contribution is -0.120. The highest BCUT2D eigenvalue weighted by Crippen LogP contribution is 2.37. The minimum atomic E-state index is -0.381. The molecule has 0 unspecified atom stereocenters. The van der Waals surface area contributed by atoms with Gasteiger partial charge in [0.1, 0.15) is 5.70 Å². The molecule has 0 atom stereocenters. The summed E-state index contributed by atoms with van der Waals surface area (Å²) >= 11 is 6.29. The second kappa shape index (κ2) is 8.05. The molecule has 0 radical (unpaired) electrons. The van der Waals surface area contributed by atoms with Crippen LogP contribution in [0.1, 0.15) is 27.8 Å². The van der Waals surface area contributed by atoms with Gasteiger partial charge in [0.05, 0.1) is 11.3 Å². The molecule has 3 aromatic rings. The van der Waals surface area contributed by atoms with Crippen molar-refractivity contribution in [2.45, 2.75) is 27.7 Å². The van der Waals surface area contributed by atoms with Crippen molar-refractivity contribution in [3.8, 4) is 0 Å². The molecular formula is C26H23ClN2O2. The van der Waals surface area contributed by atoms with E-state index >= 15 is 0 Å². The Morgan fingerprint density at radius 2 is 1.55 bits per heavy atom. The van der Waals surface area contributed by atoms with Gasteiger partial charge in [-0.05, 0) is 68.1 Å². The number of amides is 2. The van der Waals surface area contributed by atoms with Crippen LogP contribution >= 0.6 is 11.6 Å². The van der Waals surface area contributed by atoms with Crippen LogP contribution in [0.3, 0.4) is 0 Å². The quantitative estimate of drug-likeness (QED) is 0.518. The van der Waals surface area contributed by atoms with Crippen molar-refractivity contribution in [3.05, 3.63) is 99.2 Å². The summed E-state index contributed by atoms with van der Waals surface area (Å²) in [6.45, 7) is 7.72. The Bertz CT molecular complexity index is 1260. The van der Waals surface area contributed by atoms with Gasteiger partial charge in [0.2, 0.25) is 0 Å². The molecular weight excluding hydrogens is 408 g/mol. The maximum Gasteiger partial charge on any atom is 0.282 e. The van der Waals surface area contributed by atoms with Crippen molar-refractivity contribution in [3.63, 3.8) is 0 Å². The first-order chi connectivity index (χ1) is 14.8. The van der Waals surface area contributed by atoms with Gasteiger partial charge in [-0.3, -0.25) is 9.59 Å². The van der Waals surface area contributed by atoms with Crippen LogP contribution in [-0.4, -0.2) is 11.8 Å². The molecule has 0 saturated heterocycles. The van der Waals surface area contributed by atoms with Gasteiger partial charge < -0.3 is 5.32 Å². The monoisotopic (exact) mass is 430 g/mol. The predicted octanol–water partition coefficient (Wildman–Crippen LogP) is 5.97. The maximum absolute atomic E-state index is 13.6. The van der Waals surface area contributed by atoms with Crippen LogP contribution in [0, 0.1) is 27.7 Å². The summed E-state index contributed by atoms with van der Waals surface area (Å²) in [6, 6.07) is 18.7. The fourth-order valence-electron chi connectivity index (χ4n) is 3.90. The molecule has 2 amide bonds. The van der Waals surface area contributed by atoms with Gasteiger partial charge in [-0.2, -0.15) is 0 Å². The fraction of sp³-hybridized carbons (Fsp3) is 0.154. The van der Waals surface area contributed by atoms with Crippen LogP contribution in [-0.2, 0) is 9.59 Å². The molecule has 0 saturated carbocycles. The molecule has 0 aliphatic carbocycles. The van der Waals surface area contributed by atoms with E-state index in [0.717, 1.165) is 27.8 Å². The Balaban J connectivity index is 1.91. The lowest BCUT2D eigenvalue weighted by Crippen LogP contribution is -2.33. The standard InChI is InChI=1S/C26H23ClN2O2/c1-15-12-13-19(17(3)14-15)23-24(28-21-10-7-9-20(27)18(21)4)26(31)29(25(23)30)22-11-6-5-8-16(22)2/h5-14,28H,1-4H3. The smallest absolute Gasteiger partial charge is 0.282 e. The second-order valence-corrected chi connectivity index (χ2v) is 8.25. The number of hydrogen-bond donors (Lipinski definition) is 1. The number of nitrogens with one attached hydrogen (secondary N) is 1. The molecule has 0 spiro atoms. The van der Waals surface area contributed by atoms with E-state index in [1.807, 2.05) is 76.2 Å². The van der Waals surface area contributed by atoms with E-state index in [1.54, 1.807) is 12.1 Å². The molecule has 156 valence electrons. The molecule has 3 aromatic carbocycles. The Morgan fingerprint density at radius 1 is 0.806 bits per heavy atom. The Morgan fingerprint density at radius 3 is 2.26 bits per heavy atom. The van der Waals surface area contributed by atoms with Gasteiger partial charge in [0.15, 0.2) is 0 Å². The molecule has 31 heavy (non-hydrogen) atoms. The third-order valence-electron chi connectivity index (χ3n) is 5.62. The largest absolute Gasteiger partial charge is 0.350 e. The number of halogens is 1. The van der Waals surface area contributed by atoms with Crippen molar-refractivity contribution in [2.24, 2.45) is 0 Å². The molecule has 1 aliphatic rings. The zero-order chi connectivity index (χ0) is 22.3. The zero-order valence-corrected chi connectivity index (χ0v) is 18.7. The molecule has 1 N–H and O–H groups in total. The molecule has 4 nitrogen and oxygen atoms in total. The van der Waals surface area contributed by atoms with E-state index in [-0.39, 0.29) is 17.5 Å². The summed E-state index contributed by atoms with van der Waals surface area (Å²) in [4.78, 5) is 28.5. The van der Waals surface area contributed by atoms with E-state index in [4.69, 9.17) is 11.6 Å². The minimum Gasteiger partial charge on any atom is -0.350 e. The average molecular weight is 431 g/mol. The van der Waals surface area contributed by atoms with Crippen LogP contribution in [0.15, 0.2) is 66.4 Å². The number of aryl methyl sites for hydroxylation is 3. The van der Waals surface area contributed by atoms with Crippen molar-refractivity contribution >= 4 is 40.4 Å². The summed E-state index contributed by atoms with van der Waals surface area (Å²) in [5.41, 5.74) is 6.32. The topological polar surface area (TPSA) is 49.4 Å². The number of para-hydroxylation sites is 1. The molecule has 5 heteroatoms. The lowest BCUT2D eigenvalue weighted by Gasteiger charge is -2.18. The summed E-state index contributed by atoms with van der Waals surface area (Å²) in [5.74, 6) is -0.720. The average Bonchev–Trinajstić information content (AvgIpc) is 2.96. The summed E-state index contributed by atoms with van der Waals surface area (Å²) in [6.07, 6.45) is 0. The van der Waals surface area contributed by atoms with E-state index < -0.39 is 0 Å². The Labute approximate surface area is 187 Å². The van der Waals surface area contributed by atoms with Crippen molar-refractivity contribution < 1.29 is 9.59 Å². The maximum atomic E-state index is 13.6. The Kier molecular flexibility index (Phi) is 5.42. The number of rotatable bonds is 4. The normalized spacial score (nSPS) is 13.9. The van der Waals surface area contributed by atoms with Gasteiger partial charge >= 0.3 is 0 Å². The molecule has 0 bridgehead atoms. The first-order valence-corrected chi connectivity index (χ1v) is 10.5. The van der Waals surface area contributed by atoms with Crippen LogP contribution in [0.25, 0.3) is 5.57 Å². The SMILES string of the molecule is Cc1ccc(C2=C(Nc3cccc(Cl)c3C)C(=O)N(c3ccccc3C)C2=O)c(C)c1. The molecule has 0 aromatic heterocycles. The van der Waals surface area contributed by atoms with Crippen LogP contribution in [0.2, 0.25) is 5.02 Å². The third kappa shape index (κ3) is 3.64. The van der Waals surface area contributed by atoms with E-state index in [2.05, 4.69) is 5.32 Å². The molecule has 1 aliphatic heterocycles. The minimum absolute atomic E-state index is 0.255. The van der Waals surface area contributed by atoms with Crippen molar-refractivity contribution in [1.82, 2.24) is 0 Å². The summed E-state index contributed by atoms with van der Waals surface area (Å²) in [5, 5.41) is 3.81. The number of hydrogen-bond acceptors (Lipinski definition) is 3. The van der Waals surface area contributed by atoms with Gasteiger partial charge in [0, 0.05) is 10.7 Å². The van der Waals surface area contributed by atoms with E-state index in [1.165, 1.54) is 4.90 Å². The number of anilines is 2. The Hall–Kier alpha value is -3.37. The molecule has 4 rings (SSSR count). The summed E-state index contributed by atoms with van der Waals surface area (Å²) in [7, 11) is 0. The summed E-state index contributed by atoms with van der Waals surface area (Å²) < 4.78 is 0. The van der Waals surface area contributed by atoms with Gasteiger partial charge in [-0.1, -0.05) is 59.6 Å². The van der Waals surface area contributed by atoms with Crippen LogP contribution < -0.4 is 10.2 Å². The second-order valence-electron chi connectivity index (χ2n) is 7.84. The van der Waals surface area contributed by atoms with Gasteiger partial charge in [-0.25, -0.2) is 4.90 Å². The number of nitrogens with zero attached hydrogens (tertiary/aromatic N) is 1. The van der Waals surface area contributed by atoms with Gasteiger partial charge in [0.25, 0.3) is 11.8 Å². The highest BCUT2D eigenvalue weighted by Gasteiger charge is 2.41. The first kappa shape index (κ1) is 20.9. The van der Waals surface area contributed by atoms with Crippen molar-refractivity contribution in [1.29, 1.82) is 0 Å². The fourth-order valence-corrected chi connectivity index (χ4v) is 4.07. The number of carbonyl (C=O) groups is 2. The van der Waals surface area contributed by atoms with E-state index in [9.17, 15) is 9.59 Å². The number of benzene rings is 3. The van der Waals surface area contributed by atoms with E-state index in [0.29, 0.717) is 22.0 Å². The molecule has 1 heterocycles. The predicted molar refractivity (Wildman–Crippen MR) is 126 cm³/mol.